The zero-order chi connectivity index (χ0) is 19.5. The zero-order valence-electron chi connectivity index (χ0n) is 15.8. The lowest BCUT2D eigenvalue weighted by atomic mass is 10.1. The van der Waals surface area contributed by atoms with Gasteiger partial charge in [0.25, 0.3) is 5.91 Å². The molecule has 28 heavy (non-hydrogen) atoms. The molecule has 4 aromatic rings. The maximum Gasteiger partial charge on any atom is 0.255 e. The van der Waals surface area contributed by atoms with E-state index in [1.807, 2.05) is 47.3 Å². The molecule has 6 heteroatoms. The second kappa shape index (κ2) is 7.60. The third kappa shape index (κ3) is 3.62. The van der Waals surface area contributed by atoms with E-state index in [0.29, 0.717) is 35.7 Å². The molecule has 2 aromatic heterocycles. The van der Waals surface area contributed by atoms with Crippen molar-refractivity contribution in [2.24, 2.45) is 0 Å². The monoisotopic (exact) mass is 375 g/mol. The van der Waals surface area contributed by atoms with Gasteiger partial charge in [-0.25, -0.2) is 0 Å². The highest BCUT2D eigenvalue weighted by Crippen LogP contribution is 2.29. The maximum absolute atomic E-state index is 12.8. The van der Waals surface area contributed by atoms with Gasteiger partial charge in [0.2, 0.25) is 0 Å². The summed E-state index contributed by atoms with van der Waals surface area (Å²) < 4.78 is 12.8. The van der Waals surface area contributed by atoms with Gasteiger partial charge in [-0.1, -0.05) is 30.3 Å². The minimum atomic E-state index is -0.180. The lowest BCUT2D eigenvalue weighted by molar-refractivity contribution is 0.0951. The molecule has 0 atom stereocenters. The van der Waals surface area contributed by atoms with Crippen LogP contribution in [0.15, 0.2) is 65.3 Å². The predicted octanol–water partition coefficient (Wildman–Crippen LogP) is 3.92. The Hall–Kier alpha value is -3.54. The van der Waals surface area contributed by atoms with Gasteiger partial charge in [-0.3, -0.25) is 9.48 Å². The van der Waals surface area contributed by atoms with Gasteiger partial charge in [-0.05, 0) is 30.7 Å². The topological polar surface area (TPSA) is 69.3 Å². The van der Waals surface area contributed by atoms with Crippen molar-refractivity contribution in [2.45, 2.75) is 20.0 Å². The van der Waals surface area contributed by atoms with E-state index < -0.39 is 0 Å². The average molecular weight is 375 g/mol. The number of aromatic nitrogens is 2. The van der Waals surface area contributed by atoms with E-state index in [9.17, 15) is 4.79 Å². The van der Waals surface area contributed by atoms with Crippen molar-refractivity contribution in [3.8, 4) is 5.75 Å². The Morgan fingerprint density at radius 2 is 2.00 bits per heavy atom. The Labute approximate surface area is 162 Å². The summed E-state index contributed by atoms with van der Waals surface area (Å²) in [4.78, 5) is 12.8. The lowest BCUT2D eigenvalue weighted by Crippen LogP contribution is -2.23. The third-order valence-corrected chi connectivity index (χ3v) is 4.63. The Kier molecular flexibility index (Phi) is 4.85. The first-order valence-corrected chi connectivity index (χ1v) is 9.04. The van der Waals surface area contributed by atoms with Crippen LogP contribution in [0.25, 0.3) is 11.0 Å². The fourth-order valence-electron chi connectivity index (χ4n) is 3.23. The van der Waals surface area contributed by atoms with Crippen LogP contribution in [0.2, 0.25) is 0 Å². The second-order valence-electron chi connectivity index (χ2n) is 6.61. The molecule has 1 amide bonds. The quantitative estimate of drug-likeness (QED) is 0.554. The van der Waals surface area contributed by atoms with Crippen LogP contribution in [-0.2, 0) is 13.1 Å². The first-order valence-electron chi connectivity index (χ1n) is 9.04. The van der Waals surface area contributed by atoms with Crippen LogP contribution in [0.4, 0.5) is 0 Å². The molecule has 0 fully saturated rings. The summed E-state index contributed by atoms with van der Waals surface area (Å²) in [6, 6.07) is 15.6. The van der Waals surface area contributed by atoms with E-state index in [2.05, 4.69) is 22.5 Å². The molecule has 0 aliphatic rings. The van der Waals surface area contributed by atoms with E-state index in [-0.39, 0.29) is 5.91 Å². The number of carbonyl (C=O) groups excluding carboxylic acids is 1. The molecule has 1 N–H and O–H groups in total. The molecule has 2 aromatic carbocycles. The van der Waals surface area contributed by atoms with Crippen molar-refractivity contribution in [1.29, 1.82) is 0 Å². The molecule has 0 spiro atoms. The Morgan fingerprint density at radius 3 is 2.79 bits per heavy atom. The molecule has 0 saturated carbocycles. The fourth-order valence-corrected chi connectivity index (χ4v) is 3.23. The fraction of sp³-hybridized carbons (Fsp3) is 0.182. The number of rotatable bonds is 6. The van der Waals surface area contributed by atoms with Crippen molar-refractivity contribution >= 4 is 16.9 Å². The van der Waals surface area contributed by atoms with Crippen LogP contribution in [0.5, 0.6) is 5.75 Å². The maximum atomic E-state index is 12.8. The zero-order valence-corrected chi connectivity index (χ0v) is 15.8. The highest BCUT2D eigenvalue weighted by Gasteiger charge is 2.18. The molecular weight excluding hydrogens is 354 g/mol. The molecule has 0 aliphatic carbocycles. The van der Waals surface area contributed by atoms with E-state index >= 15 is 0 Å². The van der Waals surface area contributed by atoms with E-state index in [4.69, 9.17) is 9.15 Å². The minimum Gasteiger partial charge on any atom is -0.497 e. The molecule has 142 valence electrons. The lowest BCUT2D eigenvalue weighted by Gasteiger charge is -2.04. The van der Waals surface area contributed by atoms with E-state index in [1.165, 1.54) is 5.56 Å². The number of hydrogen-bond donors (Lipinski definition) is 1. The van der Waals surface area contributed by atoms with E-state index in [0.717, 1.165) is 10.9 Å². The number of aryl methyl sites for hydroxylation is 1. The van der Waals surface area contributed by atoms with E-state index in [1.54, 1.807) is 20.2 Å². The Balaban J connectivity index is 1.46. The van der Waals surface area contributed by atoms with Crippen molar-refractivity contribution in [1.82, 2.24) is 15.1 Å². The first-order chi connectivity index (χ1) is 13.6. The summed E-state index contributed by atoms with van der Waals surface area (Å²) in [6.07, 6.45) is 3.71. The molecular formula is C22H21N3O3. The number of nitrogens with one attached hydrogen (secondary N) is 1. The molecule has 6 nitrogen and oxygen atoms in total. The van der Waals surface area contributed by atoms with Crippen LogP contribution in [0.3, 0.4) is 0 Å². The number of carbonyl (C=O) groups is 1. The number of nitrogens with zero attached hydrogens (tertiary/aromatic N) is 2. The summed E-state index contributed by atoms with van der Waals surface area (Å²) in [5.41, 5.74) is 3.31. The first kappa shape index (κ1) is 17.9. The van der Waals surface area contributed by atoms with Crippen LogP contribution in [0.1, 0.15) is 27.2 Å². The smallest absolute Gasteiger partial charge is 0.255 e. The summed E-state index contributed by atoms with van der Waals surface area (Å²) in [5, 5.41) is 8.07. The van der Waals surface area contributed by atoms with Crippen molar-refractivity contribution in [3.63, 3.8) is 0 Å². The number of fused-ring (bicyclic) bond motifs is 1. The predicted molar refractivity (Wildman–Crippen MR) is 106 cm³/mol. The van der Waals surface area contributed by atoms with Crippen LogP contribution in [0, 0.1) is 6.92 Å². The van der Waals surface area contributed by atoms with Crippen LogP contribution >= 0.6 is 0 Å². The number of amides is 1. The van der Waals surface area contributed by atoms with Gasteiger partial charge >= 0.3 is 0 Å². The standard InChI is InChI=1S/C22H21N3O3/c1-15-21(19-10-18(27-2)8-9-20(19)28-15)22(26)23-11-17-12-24-25(14-17)13-16-6-4-3-5-7-16/h3-10,12,14H,11,13H2,1-2H3,(H,23,26). The summed E-state index contributed by atoms with van der Waals surface area (Å²) in [5.74, 6) is 1.09. The van der Waals surface area contributed by atoms with Gasteiger partial charge in [0.1, 0.15) is 17.1 Å². The van der Waals surface area contributed by atoms with Crippen LogP contribution in [-0.4, -0.2) is 22.8 Å². The SMILES string of the molecule is COc1ccc2oc(C)c(C(=O)NCc3cnn(Cc4ccccc4)c3)c2c1. The Bertz CT molecular complexity index is 1110. The largest absolute Gasteiger partial charge is 0.497 e. The second-order valence-corrected chi connectivity index (χ2v) is 6.61. The van der Waals surface area contributed by atoms with Crippen LogP contribution < -0.4 is 10.1 Å². The van der Waals surface area contributed by atoms with Gasteiger partial charge < -0.3 is 14.5 Å². The van der Waals surface area contributed by atoms with Crippen molar-refractivity contribution in [3.05, 3.63) is 83.4 Å². The van der Waals surface area contributed by atoms with Gasteiger partial charge in [0.05, 0.1) is 25.4 Å². The third-order valence-electron chi connectivity index (χ3n) is 4.63. The highest BCUT2D eigenvalue weighted by atomic mass is 16.5. The highest BCUT2D eigenvalue weighted by molar-refractivity contribution is 6.07. The van der Waals surface area contributed by atoms with Gasteiger partial charge in [0.15, 0.2) is 0 Å². The number of methoxy groups -OCH3 is 1. The molecule has 4 rings (SSSR count). The average Bonchev–Trinajstić information content (AvgIpc) is 3.29. The normalized spacial score (nSPS) is 10.9. The molecule has 0 radical (unpaired) electrons. The molecule has 2 heterocycles. The number of hydrogen-bond acceptors (Lipinski definition) is 4. The Morgan fingerprint density at radius 1 is 1.18 bits per heavy atom. The molecule has 0 saturated heterocycles. The van der Waals surface area contributed by atoms with Gasteiger partial charge in [-0.2, -0.15) is 5.10 Å². The summed E-state index contributed by atoms with van der Waals surface area (Å²) in [6.45, 7) is 2.88. The summed E-state index contributed by atoms with van der Waals surface area (Å²) >= 11 is 0. The van der Waals surface area contributed by atoms with Crippen molar-refractivity contribution < 1.29 is 13.9 Å². The number of benzene rings is 2. The molecule has 0 bridgehead atoms. The van der Waals surface area contributed by atoms with Gasteiger partial charge in [-0.15, -0.1) is 0 Å². The number of furan rings is 1. The number of ether oxygens (including phenoxy) is 1. The minimum absolute atomic E-state index is 0.180. The van der Waals surface area contributed by atoms with Gasteiger partial charge in [0, 0.05) is 23.7 Å². The molecule has 0 aliphatic heterocycles. The molecule has 0 unspecified atom stereocenters. The summed E-state index contributed by atoms with van der Waals surface area (Å²) in [7, 11) is 1.60. The van der Waals surface area contributed by atoms with Crippen molar-refractivity contribution in [2.75, 3.05) is 7.11 Å².